The predicted molar refractivity (Wildman–Crippen MR) is 122 cm³/mol. The molecule has 0 saturated carbocycles. The molecule has 0 aliphatic carbocycles. The van der Waals surface area contributed by atoms with E-state index >= 15 is 0 Å². The number of benzene rings is 3. The molecule has 1 N–H and O–H groups in total. The van der Waals surface area contributed by atoms with Crippen LogP contribution in [0.5, 0.6) is 5.75 Å². The zero-order valence-corrected chi connectivity index (χ0v) is 18.8. The third-order valence-electron chi connectivity index (χ3n) is 4.66. The van der Waals surface area contributed by atoms with Crippen molar-refractivity contribution < 1.29 is 17.9 Å². The van der Waals surface area contributed by atoms with Gasteiger partial charge >= 0.3 is 0 Å². The van der Waals surface area contributed by atoms with Crippen LogP contribution < -0.4 is 14.4 Å². The van der Waals surface area contributed by atoms with E-state index in [0.717, 1.165) is 21.2 Å². The number of carbonyl (C=O) groups excluding carboxylic acids is 1. The van der Waals surface area contributed by atoms with E-state index in [4.69, 9.17) is 16.3 Å². The van der Waals surface area contributed by atoms with Crippen LogP contribution >= 0.6 is 11.6 Å². The van der Waals surface area contributed by atoms with Crippen molar-refractivity contribution in [2.45, 2.75) is 18.4 Å². The minimum Gasteiger partial charge on any atom is -0.497 e. The fourth-order valence-corrected chi connectivity index (χ4v) is 4.44. The van der Waals surface area contributed by atoms with Crippen LogP contribution in [0.2, 0.25) is 5.02 Å². The first-order valence-electron chi connectivity index (χ1n) is 9.54. The Morgan fingerprint density at radius 2 is 1.58 bits per heavy atom. The van der Waals surface area contributed by atoms with Crippen LogP contribution in [0.4, 0.5) is 5.69 Å². The highest BCUT2D eigenvalue weighted by atomic mass is 35.5. The van der Waals surface area contributed by atoms with Gasteiger partial charge in [-0.3, -0.25) is 9.10 Å². The summed E-state index contributed by atoms with van der Waals surface area (Å²) in [7, 11) is -2.39. The summed E-state index contributed by atoms with van der Waals surface area (Å²) in [4.78, 5) is 12.7. The number of hydrogen-bond acceptors (Lipinski definition) is 4. The molecule has 0 aliphatic heterocycles. The lowest BCUT2D eigenvalue weighted by atomic mass is 10.2. The van der Waals surface area contributed by atoms with Gasteiger partial charge < -0.3 is 10.1 Å². The molecule has 0 heterocycles. The Balaban J connectivity index is 1.81. The quantitative estimate of drug-likeness (QED) is 0.549. The molecule has 3 aromatic rings. The highest BCUT2D eigenvalue weighted by Gasteiger charge is 2.27. The van der Waals surface area contributed by atoms with Gasteiger partial charge in [0.2, 0.25) is 5.91 Å². The topological polar surface area (TPSA) is 75.7 Å². The second-order valence-corrected chi connectivity index (χ2v) is 9.22. The van der Waals surface area contributed by atoms with Gasteiger partial charge in [-0.25, -0.2) is 8.42 Å². The van der Waals surface area contributed by atoms with Crippen LogP contribution in [0.1, 0.15) is 11.1 Å². The maximum atomic E-state index is 13.3. The summed E-state index contributed by atoms with van der Waals surface area (Å²) >= 11 is 5.90. The van der Waals surface area contributed by atoms with E-state index in [2.05, 4.69) is 5.32 Å². The van der Waals surface area contributed by atoms with Crippen molar-refractivity contribution in [3.63, 3.8) is 0 Å². The van der Waals surface area contributed by atoms with Crippen molar-refractivity contribution in [1.82, 2.24) is 5.32 Å². The molecule has 0 bridgehead atoms. The normalized spacial score (nSPS) is 11.1. The summed E-state index contributed by atoms with van der Waals surface area (Å²) in [5.41, 5.74) is 2.26. The average Bonchev–Trinajstić information content (AvgIpc) is 2.77. The van der Waals surface area contributed by atoms with Gasteiger partial charge in [0.1, 0.15) is 12.3 Å². The number of rotatable bonds is 8. The zero-order valence-electron chi connectivity index (χ0n) is 17.2. The molecule has 31 heavy (non-hydrogen) atoms. The molecule has 8 heteroatoms. The summed E-state index contributed by atoms with van der Waals surface area (Å²) in [5, 5.41) is 3.20. The number of halogens is 1. The van der Waals surface area contributed by atoms with Crippen LogP contribution in [0.25, 0.3) is 0 Å². The number of hydrogen-bond donors (Lipinski definition) is 1. The molecular formula is C23H23ClN2O4S. The molecule has 0 aromatic heterocycles. The molecule has 0 atom stereocenters. The average molecular weight is 459 g/mol. The summed E-state index contributed by atoms with van der Waals surface area (Å²) in [6, 6.07) is 20.1. The Hall–Kier alpha value is -3.03. The Bertz CT molecular complexity index is 1130. The standard InChI is InChI=1S/C23H23ClN2O4S/c1-17-3-9-20(10-4-17)26(31(28,29)22-13-7-19(24)8-14-22)16-23(27)25-15-18-5-11-21(30-2)12-6-18/h3-14H,15-16H2,1-2H3,(H,25,27). The Morgan fingerprint density at radius 1 is 0.968 bits per heavy atom. The minimum absolute atomic E-state index is 0.0560. The maximum Gasteiger partial charge on any atom is 0.264 e. The van der Waals surface area contributed by atoms with E-state index in [1.807, 2.05) is 19.1 Å². The van der Waals surface area contributed by atoms with E-state index in [9.17, 15) is 13.2 Å². The largest absolute Gasteiger partial charge is 0.497 e. The Labute approximate surface area is 187 Å². The van der Waals surface area contributed by atoms with E-state index in [-0.39, 0.29) is 18.0 Å². The molecular weight excluding hydrogens is 436 g/mol. The number of nitrogens with zero attached hydrogens (tertiary/aromatic N) is 1. The van der Waals surface area contributed by atoms with Crippen LogP contribution in [0.15, 0.2) is 77.7 Å². The second kappa shape index (κ2) is 9.85. The Kier molecular flexibility index (Phi) is 7.20. The monoisotopic (exact) mass is 458 g/mol. The molecule has 0 fully saturated rings. The maximum absolute atomic E-state index is 13.3. The van der Waals surface area contributed by atoms with Crippen molar-refractivity contribution in [3.05, 3.63) is 88.9 Å². The number of amides is 1. The first-order valence-corrected chi connectivity index (χ1v) is 11.4. The van der Waals surface area contributed by atoms with Crippen LogP contribution in [0, 0.1) is 6.92 Å². The lowest BCUT2D eigenvalue weighted by Gasteiger charge is -2.24. The number of anilines is 1. The lowest BCUT2D eigenvalue weighted by molar-refractivity contribution is -0.119. The van der Waals surface area contributed by atoms with Gasteiger partial charge in [0.25, 0.3) is 10.0 Å². The number of aryl methyl sites for hydroxylation is 1. The van der Waals surface area contributed by atoms with Gasteiger partial charge in [0.15, 0.2) is 0 Å². The SMILES string of the molecule is COc1ccc(CNC(=O)CN(c2ccc(C)cc2)S(=O)(=O)c2ccc(Cl)cc2)cc1. The van der Waals surface area contributed by atoms with Gasteiger partial charge in [0, 0.05) is 11.6 Å². The molecule has 3 aromatic carbocycles. The van der Waals surface area contributed by atoms with Crippen molar-refractivity contribution in [2.75, 3.05) is 18.0 Å². The van der Waals surface area contributed by atoms with Crippen LogP contribution in [-0.2, 0) is 21.4 Å². The van der Waals surface area contributed by atoms with Gasteiger partial charge in [-0.1, -0.05) is 41.4 Å². The first kappa shape index (κ1) is 22.7. The Morgan fingerprint density at radius 3 is 2.16 bits per heavy atom. The van der Waals surface area contributed by atoms with Crippen molar-refractivity contribution >= 4 is 33.2 Å². The fourth-order valence-electron chi connectivity index (χ4n) is 2.89. The van der Waals surface area contributed by atoms with Gasteiger partial charge in [0.05, 0.1) is 17.7 Å². The van der Waals surface area contributed by atoms with E-state index in [1.165, 1.54) is 24.3 Å². The van der Waals surface area contributed by atoms with Crippen LogP contribution in [-0.4, -0.2) is 28.0 Å². The van der Waals surface area contributed by atoms with Crippen molar-refractivity contribution in [2.24, 2.45) is 0 Å². The molecule has 0 aliphatic rings. The highest BCUT2D eigenvalue weighted by Crippen LogP contribution is 2.25. The molecule has 1 amide bonds. The molecule has 0 radical (unpaired) electrons. The number of methoxy groups -OCH3 is 1. The molecule has 0 unspecified atom stereocenters. The summed E-state index contributed by atoms with van der Waals surface area (Å²) in [6.45, 7) is 1.82. The van der Waals surface area contributed by atoms with Crippen molar-refractivity contribution in [1.29, 1.82) is 0 Å². The summed E-state index contributed by atoms with van der Waals surface area (Å²) < 4.78 is 32.8. The summed E-state index contributed by atoms with van der Waals surface area (Å²) in [5.74, 6) is 0.295. The highest BCUT2D eigenvalue weighted by molar-refractivity contribution is 7.92. The molecule has 6 nitrogen and oxygen atoms in total. The predicted octanol–water partition coefficient (Wildman–Crippen LogP) is 4.17. The smallest absolute Gasteiger partial charge is 0.264 e. The fraction of sp³-hybridized carbons (Fsp3) is 0.174. The molecule has 0 spiro atoms. The van der Waals surface area contributed by atoms with E-state index in [1.54, 1.807) is 43.5 Å². The number of carbonyl (C=O) groups is 1. The second-order valence-electron chi connectivity index (χ2n) is 6.93. The van der Waals surface area contributed by atoms with Crippen molar-refractivity contribution in [3.8, 4) is 5.75 Å². The number of sulfonamides is 1. The third kappa shape index (κ3) is 5.77. The minimum atomic E-state index is -3.97. The zero-order chi connectivity index (χ0) is 22.4. The number of nitrogens with one attached hydrogen (secondary N) is 1. The summed E-state index contributed by atoms with van der Waals surface area (Å²) in [6.07, 6.45) is 0. The van der Waals surface area contributed by atoms with E-state index in [0.29, 0.717) is 10.7 Å². The van der Waals surface area contributed by atoms with Gasteiger partial charge in [-0.2, -0.15) is 0 Å². The van der Waals surface area contributed by atoms with Crippen LogP contribution in [0.3, 0.4) is 0 Å². The van der Waals surface area contributed by atoms with Gasteiger partial charge in [-0.05, 0) is 61.0 Å². The first-order chi connectivity index (χ1) is 14.8. The number of ether oxygens (including phenoxy) is 1. The third-order valence-corrected chi connectivity index (χ3v) is 6.70. The molecule has 0 saturated heterocycles. The molecule has 3 rings (SSSR count). The van der Waals surface area contributed by atoms with E-state index < -0.39 is 15.9 Å². The lowest BCUT2D eigenvalue weighted by Crippen LogP contribution is -2.40. The molecule has 162 valence electrons. The van der Waals surface area contributed by atoms with Gasteiger partial charge in [-0.15, -0.1) is 0 Å².